The van der Waals surface area contributed by atoms with Crippen LogP contribution >= 0.6 is 36.4 Å². The van der Waals surface area contributed by atoms with Gasteiger partial charge in [0.05, 0.1) is 13.2 Å². The average Bonchev–Trinajstić information content (AvgIpc) is 2.79. The van der Waals surface area contributed by atoms with Gasteiger partial charge in [0.1, 0.15) is 23.0 Å². The summed E-state index contributed by atoms with van der Waals surface area (Å²) in [6.45, 7) is 1.72. The van der Waals surface area contributed by atoms with Crippen LogP contribution in [-0.2, 0) is 18.2 Å². The molecule has 2 rings (SSSR count). The van der Waals surface area contributed by atoms with Crippen molar-refractivity contribution in [2.24, 2.45) is 0 Å². The number of rotatable bonds is 16. The first-order valence-corrected chi connectivity index (χ1v) is 17.2. The van der Waals surface area contributed by atoms with Crippen molar-refractivity contribution in [3.63, 3.8) is 0 Å². The molecule has 0 aliphatic carbocycles. The van der Waals surface area contributed by atoms with Crippen molar-refractivity contribution >= 4 is 36.4 Å². The molecule has 0 N–H and O–H groups in total. The van der Waals surface area contributed by atoms with E-state index < -0.39 is 13.6 Å². The molecule has 2 atom stereocenters. The van der Waals surface area contributed by atoms with Crippen LogP contribution in [0.15, 0.2) is 48.5 Å². The van der Waals surface area contributed by atoms with Crippen LogP contribution in [0, 0.1) is 0 Å². The lowest BCUT2D eigenvalue weighted by molar-refractivity contribution is 0.295. The summed E-state index contributed by atoms with van der Waals surface area (Å²) >= 11 is 2.40. The standard InChI is InChI=1S/C22H32O7P2S2/c1-5-17-32-30(23,25-7-3)28-21-13-9-19(10-14-21)27-20-11-15-22(16-12-20)29-31(24,26-8-4)33-18-6-2/h9-16H,5-8,17-18H2,1-4H3. The quantitative estimate of drug-likeness (QED) is 0.196. The van der Waals surface area contributed by atoms with E-state index in [4.69, 9.17) is 22.8 Å². The smallest absolute Gasteiger partial charge is 0.440 e. The van der Waals surface area contributed by atoms with Crippen molar-refractivity contribution in [1.82, 2.24) is 0 Å². The fourth-order valence-corrected chi connectivity index (χ4v) is 9.35. The molecule has 0 bridgehead atoms. The van der Waals surface area contributed by atoms with Gasteiger partial charge in [0.2, 0.25) is 0 Å². The molecule has 2 aromatic rings. The minimum Gasteiger partial charge on any atom is -0.457 e. The van der Waals surface area contributed by atoms with Crippen molar-refractivity contribution in [1.29, 1.82) is 0 Å². The number of benzene rings is 2. The molecule has 0 amide bonds. The zero-order chi connectivity index (χ0) is 24.2. The zero-order valence-electron chi connectivity index (χ0n) is 19.4. The third-order valence-corrected chi connectivity index (χ3v) is 11.7. The Morgan fingerprint density at radius 2 is 0.939 bits per heavy atom. The van der Waals surface area contributed by atoms with Gasteiger partial charge >= 0.3 is 13.6 Å². The normalized spacial score (nSPS) is 14.8. The van der Waals surface area contributed by atoms with Gasteiger partial charge in [0.15, 0.2) is 0 Å². The summed E-state index contributed by atoms with van der Waals surface area (Å²) in [7, 11) is 0. The van der Waals surface area contributed by atoms with Gasteiger partial charge in [-0.15, -0.1) is 0 Å². The lowest BCUT2D eigenvalue weighted by atomic mass is 10.3. The van der Waals surface area contributed by atoms with Crippen molar-refractivity contribution in [3.05, 3.63) is 48.5 Å². The molecule has 0 radical (unpaired) electrons. The van der Waals surface area contributed by atoms with Crippen molar-refractivity contribution in [2.45, 2.75) is 40.5 Å². The molecular formula is C22H32O7P2S2. The molecule has 184 valence electrons. The Bertz CT molecular complexity index is 848. The van der Waals surface area contributed by atoms with Gasteiger partial charge in [0.25, 0.3) is 0 Å². The topological polar surface area (TPSA) is 80.3 Å². The largest absolute Gasteiger partial charge is 0.457 e. The van der Waals surface area contributed by atoms with Gasteiger partial charge in [-0.05, 0) is 98.0 Å². The lowest BCUT2D eigenvalue weighted by Crippen LogP contribution is -1.96. The van der Waals surface area contributed by atoms with E-state index in [1.165, 1.54) is 22.8 Å². The monoisotopic (exact) mass is 534 g/mol. The Morgan fingerprint density at radius 1 is 0.606 bits per heavy atom. The fraction of sp³-hybridized carbons (Fsp3) is 0.455. The van der Waals surface area contributed by atoms with Gasteiger partial charge in [-0.3, -0.25) is 9.05 Å². The van der Waals surface area contributed by atoms with E-state index in [2.05, 4.69) is 0 Å². The number of ether oxygens (including phenoxy) is 1. The highest BCUT2D eigenvalue weighted by molar-refractivity contribution is 8.55. The Labute approximate surface area is 204 Å². The molecule has 0 aliphatic rings. The summed E-state index contributed by atoms with van der Waals surface area (Å²) in [5, 5.41) is 0. The van der Waals surface area contributed by atoms with Gasteiger partial charge in [0, 0.05) is 11.5 Å². The van der Waals surface area contributed by atoms with Crippen LogP contribution in [0.3, 0.4) is 0 Å². The Hall–Kier alpha value is -1.08. The van der Waals surface area contributed by atoms with E-state index in [0.717, 1.165) is 12.8 Å². The maximum Gasteiger partial charge on any atom is 0.440 e. The van der Waals surface area contributed by atoms with Gasteiger partial charge < -0.3 is 13.8 Å². The van der Waals surface area contributed by atoms with Crippen LogP contribution in [0.25, 0.3) is 0 Å². The average molecular weight is 535 g/mol. The summed E-state index contributed by atoms with van der Waals surface area (Å²) in [5.74, 6) is 3.44. The third kappa shape index (κ3) is 9.97. The maximum atomic E-state index is 12.8. The molecule has 0 aliphatic heterocycles. The fourth-order valence-electron chi connectivity index (χ4n) is 2.43. The zero-order valence-corrected chi connectivity index (χ0v) is 22.9. The van der Waals surface area contributed by atoms with Crippen LogP contribution in [0.4, 0.5) is 0 Å². The first-order chi connectivity index (χ1) is 15.8. The summed E-state index contributed by atoms with van der Waals surface area (Å²) < 4.78 is 53.5. The minimum absolute atomic E-state index is 0.312. The molecule has 0 spiro atoms. The molecular weight excluding hydrogens is 502 g/mol. The van der Waals surface area contributed by atoms with Crippen molar-refractivity contribution in [3.8, 4) is 23.0 Å². The molecule has 11 heteroatoms. The second-order valence-corrected chi connectivity index (χ2v) is 14.9. The maximum absolute atomic E-state index is 12.8. The molecule has 2 aromatic carbocycles. The summed E-state index contributed by atoms with van der Waals surface area (Å²) in [4.78, 5) is 0. The molecule has 7 nitrogen and oxygen atoms in total. The van der Waals surface area contributed by atoms with Gasteiger partial charge in [-0.25, -0.2) is 9.13 Å². The van der Waals surface area contributed by atoms with Crippen LogP contribution < -0.4 is 13.8 Å². The highest BCUT2D eigenvalue weighted by atomic mass is 32.7. The van der Waals surface area contributed by atoms with Crippen LogP contribution in [-0.4, -0.2) is 24.7 Å². The van der Waals surface area contributed by atoms with Crippen LogP contribution in [0.1, 0.15) is 40.5 Å². The molecule has 0 saturated carbocycles. The molecule has 33 heavy (non-hydrogen) atoms. The minimum atomic E-state index is -3.25. The molecule has 2 unspecified atom stereocenters. The Balaban J connectivity index is 1.99. The van der Waals surface area contributed by atoms with E-state index in [0.29, 0.717) is 47.7 Å². The predicted octanol–water partition coefficient (Wildman–Crippen LogP) is 8.81. The van der Waals surface area contributed by atoms with Crippen LogP contribution in [0.2, 0.25) is 0 Å². The number of hydrogen-bond acceptors (Lipinski definition) is 9. The van der Waals surface area contributed by atoms with Crippen molar-refractivity contribution in [2.75, 3.05) is 24.7 Å². The number of hydrogen-bond donors (Lipinski definition) is 0. The summed E-state index contributed by atoms with van der Waals surface area (Å²) in [6.07, 6.45) is 1.75. The second-order valence-electron chi connectivity index (χ2n) is 6.62. The van der Waals surface area contributed by atoms with E-state index in [1.807, 2.05) is 13.8 Å². The molecule has 0 fully saturated rings. The highest BCUT2D eigenvalue weighted by Crippen LogP contribution is 2.61. The van der Waals surface area contributed by atoms with Crippen molar-refractivity contribution < 1.29 is 32.0 Å². The highest BCUT2D eigenvalue weighted by Gasteiger charge is 2.27. The SMILES string of the molecule is CCCSP(=O)(OCC)Oc1ccc(Oc2ccc(OP(=O)(OCC)SCCC)cc2)cc1. The van der Waals surface area contributed by atoms with Gasteiger partial charge in [-0.1, -0.05) is 13.8 Å². The van der Waals surface area contributed by atoms with Gasteiger partial charge in [-0.2, -0.15) is 0 Å². The Kier molecular flexibility index (Phi) is 12.2. The predicted molar refractivity (Wildman–Crippen MR) is 138 cm³/mol. The Morgan fingerprint density at radius 3 is 1.24 bits per heavy atom. The molecule has 0 saturated heterocycles. The van der Waals surface area contributed by atoms with E-state index >= 15 is 0 Å². The lowest BCUT2D eigenvalue weighted by Gasteiger charge is -2.18. The van der Waals surface area contributed by atoms with E-state index in [1.54, 1.807) is 62.4 Å². The third-order valence-electron chi connectivity index (χ3n) is 3.80. The first kappa shape index (κ1) is 28.2. The van der Waals surface area contributed by atoms with E-state index in [9.17, 15) is 9.13 Å². The molecule has 0 aromatic heterocycles. The second kappa shape index (κ2) is 14.3. The van der Waals surface area contributed by atoms with Crippen LogP contribution in [0.5, 0.6) is 23.0 Å². The first-order valence-electron chi connectivity index (χ1n) is 10.9. The van der Waals surface area contributed by atoms with E-state index in [-0.39, 0.29) is 0 Å². The summed E-state index contributed by atoms with van der Waals surface area (Å²) in [6, 6.07) is 13.7. The molecule has 0 heterocycles. The summed E-state index contributed by atoms with van der Waals surface area (Å²) in [5.41, 5.74) is 0.